The molecule has 1 aliphatic heterocycles. The van der Waals surface area contributed by atoms with Crippen LogP contribution in [0.4, 0.5) is 0 Å². The molecule has 8 heteroatoms. The third-order valence-electron chi connectivity index (χ3n) is 3.78. The molecule has 1 aliphatic rings. The van der Waals surface area contributed by atoms with Crippen molar-refractivity contribution in [1.82, 2.24) is 15.0 Å². The molecule has 0 aliphatic carbocycles. The number of carbonyl (C=O) groups is 1. The van der Waals surface area contributed by atoms with Crippen molar-refractivity contribution in [2.24, 2.45) is 0 Å². The minimum absolute atomic E-state index is 0.0409. The quantitative estimate of drug-likeness (QED) is 0.830. The summed E-state index contributed by atoms with van der Waals surface area (Å²) in [5.41, 5.74) is -0.323. The fourth-order valence-electron chi connectivity index (χ4n) is 2.21. The van der Waals surface area contributed by atoms with Gasteiger partial charge in [0.2, 0.25) is 11.8 Å². The van der Waals surface area contributed by atoms with E-state index < -0.39 is 20.8 Å². The van der Waals surface area contributed by atoms with Gasteiger partial charge in [-0.25, -0.2) is 8.42 Å². The minimum atomic E-state index is -3.67. The molecule has 1 amide bonds. The molecular formula is C14H23N3O4S. The van der Waals surface area contributed by atoms with Gasteiger partial charge in [0.1, 0.15) is 11.0 Å². The van der Waals surface area contributed by atoms with E-state index in [0.29, 0.717) is 18.9 Å². The summed E-state index contributed by atoms with van der Waals surface area (Å²) in [6.45, 7) is 8.49. The van der Waals surface area contributed by atoms with Crippen molar-refractivity contribution in [2.75, 3.05) is 18.8 Å². The van der Waals surface area contributed by atoms with Crippen LogP contribution >= 0.6 is 0 Å². The monoisotopic (exact) mass is 329 g/mol. The van der Waals surface area contributed by atoms with Gasteiger partial charge in [-0.1, -0.05) is 25.9 Å². The lowest BCUT2D eigenvalue weighted by atomic mass is 9.96. The summed E-state index contributed by atoms with van der Waals surface area (Å²) in [6, 6.07) is 0. The molecule has 1 aromatic heterocycles. The summed E-state index contributed by atoms with van der Waals surface area (Å²) in [6.07, 6.45) is 1.86. The van der Waals surface area contributed by atoms with E-state index in [9.17, 15) is 13.2 Å². The average molecular weight is 329 g/mol. The molecule has 2 heterocycles. The van der Waals surface area contributed by atoms with Gasteiger partial charge < -0.3 is 9.42 Å². The third kappa shape index (κ3) is 3.66. The van der Waals surface area contributed by atoms with Crippen molar-refractivity contribution >= 4 is 15.7 Å². The molecule has 0 aromatic carbocycles. The summed E-state index contributed by atoms with van der Waals surface area (Å²) in [7, 11) is -3.67. The molecule has 0 bridgehead atoms. The lowest BCUT2D eigenvalue weighted by Gasteiger charge is -2.16. The normalized spacial score (nSPS) is 17.7. The van der Waals surface area contributed by atoms with E-state index in [0.717, 1.165) is 12.8 Å². The standard InChI is InChI=1S/C14H23N3O4S/c1-10(12-15-13(16-21-12)14(2,3)4)22(19,20)9-11(18)17-7-5-6-8-17/h10H,5-9H2,1-4H3/t10-/m0/s1. The van der Waals surface area contributed by atoms with Gasteiger partial charge in [0, 0.05) is 18.5 Å². The molecule has 22 heavy (non-hydrogen) atoms. The second-order valence-electron chi connectivity index (χ2n) is 6.74. The van der Waals surface area contributed by atoms with Gasteiger partial charge in [-0.05, 0) is 19.8 Å². The molecule has 0 spiro atoms. The Hall–Kier alpha value is -1.44. The molecule has 0 radical (unpaired) electrons. The Balaban J connectivity index is 2.11. The number of rotatable bonds is 4. The molecule has 1 atom stereocenters. The van der Waals surface area contributed by atoms with Crippen LogP contribution in [-0.2, 0) is 20.0 Å². The van der Waals surface area contributed by atoms with Crippen LogP contribution in [0, 0.1) is 0 Å². The zero-order chi connectivity index (χ0) is 16.5. The van der Waals surface area contributed by atoms with Crippen LogP contribution in [0.1, 0.15) is 57.5 Å². The average Bonchev–Trinajstić information content (AvgIpc) is 3.08. The second-order valence-corrected chi connectivity index (χ2v) is 9.07. The largest absolute Gasteiger partial charge is 0.342 e. The first kappa shape index (κ1) is 16.9. The Morgan fingerprint density at radius 1 is 1.32 bits per heavy atom. The smallest absolute Gasteiger partial charge is 0.244 e. The highest BCUT2D eigenvalue weighted by Crippen LogP contribution is 2.25. The fourth-order valence-corrected chi connectivity index (χ4v) is 3.39. The second kappa shape index (κ2) is 5.98. The first-order valence-corrected chi connectivity index (χ1v) is 9.16. The van der Waals surface area contributed by atoms with Crippen molar-refractivity contribution in [3.8, 4) is 0 Å². The topological polar surface area (TPSA) is 93.4 Å². The molecule has 0 saturated carbocycles. The zero-order valence-corrected chi connectivity index (χ0v) is 14.3. The Morgan fingerprint density at radius 3 is 2.41 bits per heavy atom. The van der Waals surface area contributed by atoms with Crippen molar-refractivity contribution in [3.63, 3.8) is 0 Å². The Kier molecular flexibility index (Phi) is 4.60. The van der Waals surface area contributed by atoms with Crippen LogP contribution in [0.5, 0.6) is 0 Å². The van der Waals surface area contributed by atoms with E-state index in [2.05, 4.69) is 10.1 Å². The van der Waals surface area contributed by atoms with Gasteiger partial charge in [0.05, 0.1) is 0 Å². The predicted octanol–water partition coefficient (Wildman–Crippen LogP) is 1.47. The Bertz CT molecular complexity index is 639. The molecule has 1 saturated heterocycles. The summed E-state index contributed by atoms with van der Waals surface area (Å²) in [4.78, 5) is 17.8. The van der Waals surface area contributed by atoms with E-state index in [1.54, 1.807) is 4.90 Å². The van der Waals surface area contributed by atoms with Crippen LogP contribution in [-0.4, -0.2) is 48.2 Å². The van der Waals surface area contributed by atoms with E-state index >= 15 is 0 Å². The number of likely N-dealkylation sites (tertiary alicyclic amines) is 1. The number of carbonyl (C=O) groups excluding carboxylic acids is 1. The number of amides is 1. The minimum Gasteiger partial charge on any atom is -0.342 e. The lowest BCUT2D eigenvalue weighted by Crippen LogP contribution is -2.34. The van der Waals surface area contributed by atoms with E-state index in [1.165, 1.54) is 6.92 Å². The highest BCUT2D eigenvalue weighted by atomic mass is 32.2. The first-order valence-electron chi connectivity index (χ1n) is 7.44. The molecule has 0 unspecified atom stereocenters. The summed E-state index contributed by atoms with van der Waals surface area (Å²) < 4.78 is 29.8. The number of aromatic nitrogens is 2. The summed E-state index contributed by atoms with van der Waals surface area (Å²) in [5.74, 6) is -0.365. The number of hydrogen-bond donors (Lipinski definition) is 0. The van der Waals surface area contributed by atoms with Crippen LogP contribution in [0.3, 0.4) is 0 Å². The molecular weight excluding hydrogens is 306 g/mol. The maximum absolute atomic E-state index is 12.4. The molecule has 7 nitrogen and oxygen atoms in total. The van der Waals surface area contributed by atoms with E-state index in [1.807, 2.05) is 20.8 Å². The van der Waals surface area contributed by atoms with Gasteiger partial charge >= 0.3 is 0 Å². The highest BCUT2D eigenvalue weighted by molar-refractivity contribution is 7.92. The number of hydrogen-bond acceptors (Lipinski definition) is 6. The van der Waals surface area contributed by atoms with Crippen LogP contribution in [0.25, 0.3) is 0 Å². The molecule has 1 aromatic rings. The van der Waals surface area contributed by atoms with Crippen molar-refractivity contribution in [1.29, 1.82) is 0 Å². The SMILES string of the molecule is C[C@@H](c1nc(C(C)(C)C)no1)S(=O)(=O)CC(=O)N1CCCC1. The van der Waals surface area contributed by atoms with Crippen LogP contribution < -0.4 is 0 Å². The Labute approximate surface area is 131 Å². The zero-order valence-electron chi connectivity index (χ0n) is 13.5. The van der Waals surface area contributed by atoms with Gasteiger partial charge in [-0.15, -0.1) is 0 Å². The van der Waals surface area contributed by atoms with Gasteiger partial charge in [0.25, 0.3) is 0 Å². The van der Waals surface area contributed by atoms with Crippen molar-refractivity contribution in [3.05, 3.63) is 11.7 Å². The highest BCUT2D eigenvalue weighted by Gasteiger charge is 2.33. The van der Waals surface area contributed by atoms with Gasteiger partial charge in [-0.2, -0.15) is 4.98 Å². The molecule has 0 N–H and O–H groups in total. The van der Waals surface area contributed by atoms with E-state index in [-0.39, 0.29) is 17.2 Å². The predicted molar refractivity (Wildman–Crippen MR) is 81.0 cm³/mol. The summed E-state index contributed by atoms with van der Waals surface area (Å²) >= 11 is 0. The number of nitrogens with zero attached hydrogens (tertiary/aromatic N) is 3. The van der Waals surface area contributed by atoms with Gasteiger partial charge in [0.15, 0.2) is 15.7 Å². The third-order valence-corrected chi connectivity index (χ3v) is 5.71. The number of sulfone groups is 1. The maximum Gasteiger partial charge on any atom is 0.244 e. The van der Waals surface area contributed by atoms with Crippen LogP contribution in [0.15, 0.2) is 4.52 Å². The lowest BCUT2D eigenvalue weighted by molar-refractivity contribution is -0.127. The van der Waals surface area contributed by atoms with Gasteiger partial charge in [-0.3, -0.25) is 4.79 Å². The summed E-state index contributed by atoms with van der Waals surface area (Å²) in [5, 5.41) is 2.85. The molecule has 2 rings (SSSR count). The first-order chi connectivity index (χ1) is 10.1. The maximum atomic E-state index is 12.4. The molecule has 1 fully saturated rings. The molecule has 124 valence electrons. The fraction of sp³-hybridized carbons (Fsp3) is 0.786. The van der Waals surface area contributed by atoms with Crippen molar-refractivity contribution in [2.45, 2.75) is 51.2 Å². The van der Waals surface area contributed by atoms with Crippen molar-refractivity contribution < 1.29 is 17.7 Å². The Morgan fingerprint density at radius 2 is 1.91 bits per heavy atom. The van der Waals surface area contributed by atoms with Crippen LogP contribution in [0.2, 0.25) is 0 Å². The van der Waals surface area contributed by atoms with E-state index in [4.69, 9.17) is 4.52 Å².